The van der Waals surface area contributed by atoms with E-state index in [4.69, 9.17) is 0 Å². The van der Waals surface area contributed by atoms with E-state index in [0.717, 1.165) is 16.8 Å². The number of pyridine rings is 2. The van der Waals surface area contributed by atoms with E-state index in [9.17, 15) is 9.90 Å². The van der Waals surface area contributed by atoms with Crippen LogP contribution in [0.15, 0.2) is 78.8 Å². The second-order valence-electron chi connectivity index (χ2n) is 6.38. The van der Waals surface area contributed by atoms with Gasteiger partial charge in [0.25, 0.3) is 0 Å². The lowest BCUT2D eigenvalue weighted by atomic mass is 9.96. The number of hydrogen-bond donors (Lipinski definition) is 1. The van der Waals surface area contributed by atoms with Crippen LogP contribution in [0, 0.1) is 0 Å². The standard InChI is InChI=1S/C22H19N3O2/c26-20(11-10-16-6-4-12-23-15-16)19-14-17-7-5-13-24-21(17)25(22(19)27)18-8-2-1-3-9-18/h1-9,12-15,22,27H,10-11H2. The second-order valence-corrected chi connectivity index (χ2v) is 6.38. The molecule has 1 aromatic carbocycles. The quantitative estimate of drug-likeness (QED) is 0.757. The molecule has 0 aliphatic carbocycles. The van der Waals surface area contributed by atoms with E-state index in [1.54, 1.807) is 29.6 Å². The van der Waals surface area contributed by atoms with Gasteiger partial charge in [-0.1, -0.05) is 24.3 Å². The maximum atomic E-state index is 12.9. The summed E-state index contributed by atoms with van der Waals surface area (Å²) in [5, 5.41) is 11.0. The molecular weight excluding hydrogens is 338 g/mol. The highest BCUT2D eigenvalue weighted by molar-refractivity contribution is 6.03. The van der Waals surface area contributed by atoms with Crippen molar-refractivity contribution >= 4 is 23.4 Å². The number of carbonyl (C=O) groups excluding carboxylic acids is 1. The zero-order chi connectivity index (χ0) is 18.6. The van der Waals surface area contributed by atoms with Crippen LogP contribution in [-0.2, 0) is 11.2 Å². The van der Waals surface area contributed by atoms with Crippen LogP contribution in [0.4, 0.5) is 11.5 Å². The summed E-state index contributed by atoms with van der Waals surface area (Å²) in [6.45, 7) is 0. The maximum Gasteiger partial charge on any atom is 0.163 e. The Morgan fingerprint density at radius 1 is 1.04 bits per heavy atom. The number of aliphatic hydroxyl groups excluding tert-OH is 1. The zero-order valence-electron chi connectivity index (χ0n) is 14.7. The van der Waals surface area contributed by atoms with Crippen LogP contribution in [0.3, 0.4) is 0 Å². The van der Waals surface area contributed by atoms with Gasteiger partial charge in [0.05, 0.1) is 0 Å². The van der Waals surface area contributed by atoms with Crippen LogP contribution in [0.5, 0.6) is 0 Å². The summed E-state index contributed by atoms with van der Waals surface area (Å²) in [7, 11) is 0. The Hall–Kier alpha value is -3.31. The minimum absolute atomic E-state index is 0.0817. The predicted octanol–water partition coefficient (Wildman–Crippen LogP) is 3.53. The van der Waals surface area contributed by atoms with E-state index >= 15 is 0 Å². The number of aryl methyl sites for hydroxylation is 1. The molecule has 3 heterocycles. The molecule has 0 fully saturated rings. The van der Waals surface area contributed by atoms with Gasteiger partial charge in [0.15, 0.2) is 12.0 Å². The van der Waals surface area contributed by atoms with Crippen LogP contribution in [-0.4, -0.2) is 27.1 Å². The molecular formula is C22H19N3O2. The monoisotopic (exact) mass is 357 g/mol. The largest absolute Gasteiger partial charge is 0.369 e. The van der Waals surface area contributed by atoms with Crippen LogP contribution >= 0.6 is 0 Å². The van der Waals surface area contributed by atoms with Gasteiger partial charge in [-0.15, -0.1) is 0 Å². The van der Waals surface area contributed by atoms with Crippen LogP contribution in [0.2, 0.25) is 0 Å². The predicted molar refractivity (Wildman–Crippen MR) is 104 cm³/mol. The third-order valence-electron chi connectivity index (χ3n) is 4.60. The Morgan fingerprint density at radius 2 is 1.85 bits per heavy atom. The molecule has 1 unspecified atom stereocenters. The lowest BCUT2D eigenvalue weighted by Gasteiger charge is -2.34. The molecule has 0 spiro atoms. The number of hydrogen-bond acceptors (Lipinski definition) is 5. The highest BCUT2D eigenvalue weighted by Gasteiger charge is 2.32. The third kappa shape index (κ3) is 3.50. The first-order valence-electron chi connectivity index (χ1n) is 8.85. The van der Waals surface area contributed by atoms with Crippen molar-refractivity contribution in [1.29, 1.82) is 0 Å². The molecule has 1 atom stereocenters. The van der Waals surface area contributed by atoms with Crippen molar-refractivity contribution < 1.29 is 9.90 Å². The minimum atomic E-state index is -1.07. The van der Waals surface area contributed by atoms with Crippen molar-refractivity contribution in [3.8, 4) is 0 Å². The fraction of sp³-hybridized carbons (Fsp3) is 0.136. The van der Waals surface area contributed by atoms with Crippen molar-refractivity contribution in [3.05, 3.63) is 89.9 Å². The molecule has 1 aliphatic rings. The van der Waals surface area contributed by atoms with Crippen molar-refractivity contribution in [2.75, 3.05) is 4.90 Å². The summed E-state index contributed by atoms with van der Waals surface area (Å²) in [5.74, 6) is 0.557. The normalized spacial score (nSPS) is 15.8. The Labute approximate surface area is 157 Å². The summed E-state index contributed by atoms with van der Waals surface area (Å²) in [4.78, 5) is 23.1. The second kappa shape index (κ2) is 7.51. The Morgan fingerprint density at radius 3 is 2.63 bits per heavy atom. The number of fused-ring (bicyclic) bond motifs is 1. The summed E-state index contributed by atoms with van der Waals surface area (Å²) in [6.07, 6.45) is 6.72. The van der Waals surface area contributed by atoms with Gasteiger partial charge in [-0.3, -0.25) is 14.7 Å². The number of aromatic nitrogens is 2. The number of nitrogens with zero attached hydrogens (tertiary/aromatic N) is 3. The molecule has 0 radical (unpaired) electrons. The van der Waals surface area contributed by atoms with Gasteiger partial charge < -0.3 is 5.11 Å². The number of anilines is 2. The number of aliphatic hydroxyl groups is 1. The SMILES string of the molecule is O=C(CCc1cccnc1)C1=Cc2cccnc2N(c2ccccc2)C1O. The van der Waals surface area contributed by atoms with Crippen molar-refractivity contribution in [2.45, 2.75) is 19.1 Å². The molecule has 2 aromatic heterocycles. The molecule has 0 saturated heterocycles. The summed E-state index contributed by atoms with van der Waals surface area (Å²) >= 11 is 0. The highest BCUT2D eigenvalue weighted by Crippen LogP contribution is 2.36. The molecule has 1 N–H and O–H groups in total. The molecule has 134 valence electrons. The number of benzene rings is 1. The van der Waals surface area contributed by atoms with Gasteiger partial charge >= 0.3 is 0 Å². The van der Waals surface area contributed by atoms with Gasteiger partial charge in [-0.25, -0.2) is 4.98 Å². The van der Waals surface area contributed by atoms with Crippen LogP contribution in [0.25, 0.3) is 6.08 Å². The lowest BCUT2D eigenvalue weighted by molar-refractivity contribution is -0.116. The molecule has 3 aromatic rings. The van der Waals surface area contributed by atoms with Crippen molar-refractivity contribution in [3.63, 3.8) is 0 Å². The van der Waals surface area contributed by atoms with E-state index in [1.165, 1.54) is 0 Å². The first-order chi connectivity index (χ1) is 13.2. The number of Topliss-reactive ketones (excluding diaryl/α,β-unsaturated/α-hetero) is 1. The van der Waals surface area contributed by atoms with Crippen molar-refractivity contribution in [2.24, 2.45) is 0 Å². The first-order valence-corrected chi connectivity index (χ1v) is 8.85. The number of carbonyl (C=O) groups is 1. The minimum Gasteiger partial charge on any atom is -0.369 e. The van der Waals surface area contributed by atoms with Gasteiger partial charge in [-0.05, 0) is 48.4 Å². The van der Waals surface area contributed by atoms with E-state index in [-0.39, 0.29) is 5.78 Å². The summed E-state index contributed by atoms with van der Waals surface area (Å²) in [6, 6.07) is 17.0. The van der Waals surface area contributed by atoms with Crippen LogP contribution in [0.1, 0.15) is 17.5 Å². The summed E-state index contributed by atoms with van der Waals surface area (Å²) < 4.78 is 0. The smallest absolute Gasteiger partial charge is 0.163 e. The molecule has 5 heteroatoms. The van der Waals surface area contributed by atoms with Gasteiger partial charge in [0.2, 0.25) is 0 Å². The highest BCUT2D eigenvalue weighted by atomic mass is 16.3. The first kappa shape index (κ1) is 17.1. The summed E-state index contributed by atoms with van der Waals surface area (Å²) in [5.41, 5.74) is 2.98. The average molecular weight is 357 g/mol. The number of rotatable bonds is 5. The van der Waals surface area contributed by atoms with Gasteiger partial charge in [0.1, 0.15) is 5.82 Å². The van der Waals surface area contributed by atoms with E-state index in [2.05, 4.69) is 9.97 Å². The molecule has 0 amide bonds. The average Bonchev–Trinajstić information content (AvgIpc) is 2.73. The maximum absolute atomic E-state index is 12.9. The Kier molecular flexibility index (Phi) is 4.77. The topological polar surface area (TPSA) is 66.3 Å². The molecule has 0 saturated carbocycles. The molecule has 1 aliphatic heterocycles. The fourth-order valence-corrected chi connectivity index (χ4v) is 3.25. The van der Waals surface area contributed by atoms with E-state index in [1.807, 2.05) is 54.6 Å². The van der Waals surface area contributed by atoms with Crippen LogP contribution < -0.4 is 4.90 Å². The number of para-hydroxylation sites is 1. The lowest BCUT2D eigenvalue weighted by Crippen LogP contribution is -2.38. The fourth-order valence-electron chi connectivity index (χ4n) is 3.25. The number of ketones is 1. The van der Waals surface area contributed by atoms with E-state index in [0.29, 0.717) is 24.2 Å². The van der Waals surface area contributed by atoms with Crippen molar-refractivity contribution in [1.82, 2.24) is 9.97 Å². The molecule has 27 heavy (non-hydrogen) atoms. The Bertz CT molecular complexity index is 971. The zero-order valence-corrected chi connectivity index (χ0v) is 14.7. The Balaban J connectivity index is 1.65. The molecule has 0 bridgehead atoms. The van der Waals surface area contributed by atoms with Gasteiger partial charge in [-0.2, -0.15) is 0 Å². The van der Waals surface area contributed by atoms with E-state index < -0.39 is 6.23 Å². The molecule has 4 rings (SSSR count). The third-order valence-corrected chi connectivity index (χ3v) is 4.60. The molecule has 5 nitrogen and oxygen atoms in total. The van der Waals surface area contributed by atoms with Gasteiger partial charge in [0, 0.05) is 41.8 Å².